The highest BCUT2D eigenvalue weighted by Gasteiger charge is 2.34. The van der Waals surface area contributed by atoms with Gasteiger partial charge in [0.2, 0.25) is 0 Å². The van der Waals surface area contributed by atoms with Crippen molar-refractivity contribution >= 4 is 23.3 Å². The number of nitrogens with zero attached hydrogens (tertiary/aromatic N) is 2. The van der Waals surface area contributed by atoms with E-state index in [-0.39, 0.29) is 41.5 Å². The number of urea groups is 1. The number of alkyl halides is 3. The molecule has 3 aromatic carbocycles. The van der Waals surface area contributed by atoms with Gasteiger partial charge in [0.05, 0.1) is 30.9 Å². The Balaban J connectivity index is 1.52. The van der Waals surface area contributed by atoms with E-state index >= 15 is 0 Å². The SMILES string of the molecule is COc1ccc(CN(C)C[C@H]2Oc3ccc(NC(=O)Nc4ccc(C(F)(F)F)cc4)cc3C(=O)N([C@H](C)CO)C[C@@H]2C)cc1. The van der Waals surface area contributed by atoms with E-state index in [1.165, 1.54) is 6.07 Å². The number of likely N-dealkylation sites (N-methyl/N-ethyl adjacent to an activating group) is 1. The minimum atomic E-state index is -4.49. The number of carbonyl (C=O) groups excluding carboxylic acids is 2. The summed E-state index contributed by atoms with van der Waals surface area (Å²) in [5, 5.41) is 15.0. The van der Waals surface area contributed by atoms with Gasteiger partial charge in [-0.15, -0.1) is 0 Å². The van der Waals surface area contributed by atoms with Crippen LogP contribution in [0.3, 0.4) is 0 Å². The Morgan fingerprint density at radius 2 is 1.73 bits per heavy atom. The molecule has 12 heteroatoms. The molecular weight excluding hydrogens is 577 g/mol. The zero-order valence-electron chi connectivity index (χ0n) is 25.0. The molecule has 4 rings (SSSR count). The van der Waals surface area contributed by atoms with Gasteiger partial charge in [0, 0.05) is 36.9 Å². The third-order valence-electron chi connectivity index (χ3n) is 7.50. The molecule has 0 saturated heterocycles. The summed E-state index contributed by atoms with van der Waals surface area (Å²) < 4.78 is 50.2. The number of nitrogens with one attached hydrogen (secondary N) is 2. The molecule has 1 heterocycles. The van der Waals surface area contributed by atoms with E-state index in [0.29, 0.717) is 25.4 Å². The van der Waals surface area contributed by atoms with Crippen LogP contribution in [0.15, 0.2) is 66.7 Å². The lowest BCUT2D eigenvalue weighted by atomic mass is 9.99. The van der Waals surface area contributed by atoms with E-state index in [1.54, 1.807) is 31.1 Å². The highest BCUT2D eigenvalue weighted by Crippen LogP contribution is 2.32. The van der Waals surface area contributed by atoms with Crippen molar-refractivity contribution in [1.82, 2.24) is 9.80 Å². The minimum absolute atomic E-state index is 0.0771. The number of amides is 3. The van der Waals surface area contributed by atoms with Crippen LogP contribution in [0.4, 0.5) is 29.3 Å². The van der Waals surface area contributed by atoms with Crippen LogP contribution in [0.5, 0.6) is 11.5 Å². The van der Waals surface area contributed by atoms with Gasteiger partial charge in [-0.1, -0.05) is 19.1 Å². The van der Waals surface area contributed by atoms with Gasteiger partial charge in [-0.3, -0.25) is 9.69 Å². The molecule has 0 radical (unpaired) electrons. The maximum atomic E-state index is 13.7. The number of anilines is 2. The van der Waals surface area contributed by atoms with Crippen LogP contribution in [-0.2, 0) is 12.7 Å². The first-order valence-electron chi connectivity index (χ1n) is 14.2. The Morgan fingerprint density at radius 3 is 2.34 bits per heavy atom. The number of hydrogen-bond donors (Lipinski definition) is 3. The molecule has 3 aromatic rings. The fourth-order valence-electron chi connectivity index (χ4n) is 4.97. The predicted molar refractivity (Wildman–Crippen MR) is 161 cm³/mol. The standard InChI is InChI=1S/C32H37F3N4O5/c1-20-16-39(21(2)19-40)30(41)27-15-25(37-31(42)36-24-9-7-23(8-10-24)32(33,34)35)11-14-28(27)44-29(20)18-38(3)17-22-5-12-26(43-4)13-6-22/h5-15,20-21,29,40H,16-19H2,1-4H3,(H2,36,37,42)/t20-,21+,29+/m0/s1. The lowest BCUT2D eigenvalue weighted by Crippen LogP contribution is -2.49. The van der Waals surface area contributed by atoms with E-state index in [2.05, 4.69) is 15.5 Å². The Bertz CT molecular complexity index is 1430. The van der Waals surface area contributed by atoms with Crippen molar-refractivity contribution in [1.29, 1.82) is 0 Å². The second kappa shape index (κ2) is 14.0. The van der Waals surface area contributed by atoms with E-state index < -0.39 is 23.8 Å². The van der Waals surface area contributed by atoms with Crippen molar-refractivity contribution in [2.24, 2.45) is 5.92 Å². The minimum Gasteiger partial charge on any atom is -0.497 e. The van der Waals surface area contributed by atoms with Crippen molar-refractivity contribution in [2.45, 2.75) is 38.7 Å². The van der Waals surface area contributed by atoms with E-state index in [4.69, 9.17) is 9.47 Å². The Morgan fingerprint density at radius 1 is 1.09 bits per heavy atom. The lowest BCUT2D eigenvalue weighted by molar-refractivity contribution is -0.137. The maximum absolute atomic E-state index is 13.7. The summed E-state index contributed by atoms with van der Waals surface area (Å²) >= 11 is 0. The zero-order chi connectivity index (χ0) is 32.0. The fourth-order valence-corrected chi connectivity index (χ4v) is 4.97. The predicted octanol–water partition coefficient (Wildman–Crippen LogP) is 5.71. The summed E-state index contributed by atoms with van der Waals surface area (Å²) in [5.41, 5.74) is 0.934. The van der Waals surface area contributed by atoms with Crippen molar-refractivity contribution < 1.29 is 37.3 Å². The van der Waals surface area contributed by atoms with Gasteiger partial charge in [-0.2, -0.15) is 13.2 Å². The van der Waals surface area contributed by atoms with Crippen molar-refractivity contribution in [3.63, 3.8) is 0 Å². The lowest BCUT2D eigenvalue weighted by Gasteiger charge is -2.38. The van der Waals surface area contributed by atoms with Crippen LogP contribution < -0.4 is 20.1 Å². The molecule has 1 aliphatic heterocycles. The van der Waals surface area contributed by atoms with Gasteiger partial charge in [-0.05, 0) is 74.1 Å². The Kier molecular flexibility index (Phi) is 10.4. The van der Waals surface area contributed by atoms with Crippen LogP contribution in [0.2, 0.25) is 0 Å². The van der Waals surface area contributed by atoms with Crippen molar-refractivity contribution in [3.05, 3.63) is 83.4 Å². The summed E-state index contributed by atoms with van der Waals surface area (Å²) in [4.78, 5) is 30.1. The van der Waals surface area contributed by atoms with Crippen molar-refractivity contribution in [3.8, 4) is 11.5 Å². The first-order chi connectivity index (χ1) is 20.9. The number of rotatable bonds is 9. The van der Waals surface area contributed by atoms with E-state index in [9.17, 15) is 27.9 Å². The second-order valence-electron chi connectivity index (χ2n) is 11.0. The number of hydrogen-bond acceptors (Lipinski definition) is 6. The molecule has 1 aliphatic rings. The normalized spacial score (nSPS) is 17.7. The molecule has 3 amide bonds. The van der Waals surface area contributed by atoms with E-state index in [0.717, 1.165) is 35.6 Å². The number of aliphatic hydroxyl groups excluding tert-OH is 1. The molecule has 3 N–H and O–H groups in total. The Labute approximate surface area is 254 Å². The Hall–Kier alpha value is -4.29. The summed E-state index contributed by atoms with van der Waals surface area (Å²) in [6.07, 6.45) is -4.79. The molecule has 0 unspecified atom stereocenters. The van der Waals surface area contributed by atoms with Gasteiger partial charge in [0.15, 0.2) is 0 Å². The van der Waals surface area contributed by atoms with Gasteiger partial charge in [0.1, 0.15) is 17.6 Å². The molecular formula is C32H37F3N4O5. The fraction of sp³-hybridized carbons (Fsp3) is 0.375. The molecule has 9 nitrogen and oxygen atoms in total. The summed E-state index contributed by atoms with van der Waals surface area (Å²) in [6.45, 7) is 5.09. The van der Waals surface area contributed by atoms with Crippen molar-refractivity contribution in [2.75, 3.05) is 44.5 Å². The smallest absolute Gasteiger partial charge is 0.416 e. The first kappa shape index (κ1) is 32.6. The van der Waals surface area contributed by atoms with Crippen LogP contribution in [0.25, 0.3) is 0 Å². The number of aliphatic hydroxyl groups is 1. The van der Waals surface area contributed by atoms with E-state index in [1.807, 2.05) is 38.2 Å². The molecule has 0 bridgehead atoms. The molecule has 0 spiro atoms. The van der Waals surface area contributed by atoms with Gasteiger partial charge >= 0.3 is 12.2 Å². The summed E-state index contributed by atoms with van der Waals surface area (Å²) in [5.74, 6) is 0.684. The average molecular weight is 615 g/mol. The highest BCUT2D eigenvalue weighted by molar-refractivity contribution is 6.02. The highest BCUT2D eigenvalue weighted by atomic mass is 19.4. The first-order valence-corrected chi connectivity index (χ1v) is 14.2. The molecule has 0 fully saturated rings. The third-order valence-corrected chi connectivity index (χ3v) is 7.50. The number of carbonyl (C=O) groups is 2. The zero-order valence-corrected chi connectivity index (χ0v) is 25.0. The number of methoxy groups -OCH3 is 1. The topological polar surface area (TPSA) is 103 Å². The van der Waals surface area contributed by atoms with Gasteiger partial charge < -0.3 is 30.1 Å². The number of fused-ring (bicyclic) bond motifs is 1. The van der Waals surface area contributed by atoms with Crippen LogP contribution in [0, 0.1) is 5.92 Å². The van der Waals surface area contributed by atoms with Crippen LogP contribution in [-0.4, -0.2) is 72.8 Å². The summed E-state index contributed by atoms with van der Waals surface area (Å²) in [6, 6.07) is 15.4. The second-order valence-corrected chi connectivity index (χ2v) is 11.0. The van der Waals surface area contributed by atoms with Gasteiger partial charge in [-0.25, -0.2) is 4.79 Å². The van der Waals surface area contributed by atoms with Crippen LogP contribution in [0.1, 0.15) is 35.3 Å². The number of benzene rings is 3. The molecule has 0 aromatic heterocycles. The molecule has 236 valence electrons. The van der Waals surface area contributed by atoms with Crippen LogP contribution >= 0.6 is 0 Å². The monoisotopic (exact) mass is 614 g/mol. The third kappa shape index (κ3) is 8.20. The molecule has 0 aliphatic carbocycles. The largest absolute Gasteiger partial charge is 0.497 e. The molecule has 3 atom stereocenters. The number of ether oxygens (including phenoxy) is 2. The molecule has 0 saturated carbocycles. The van der Waals surface area contributed by atoms with Gasteiger partial charge in [0.25, 0.3) is 5.91 Å². The average Bonchev–Trinajstić information content (AvgIpc) is 2.99. The molecule has 44 heavy (non-hydrogen) atoms. The number of halogens is 3. The quantitative estimate of drug-likeness (QED) is 0.285. The maximum Gasteiger partial charge on any atom is 0.416 e. The summed E-state index contributed by atoms with van der Waals surface area (Å²) in [7, 11) is 3.61.